The minimum Gasteiger partial charge on any atom is -0.491 e. The summed E-state index contributed by atoms with van der Waals surface area (Å²) in [5.41, 5.74) is 8.81. The number of anilines is 1. The van der Waals surface area contributed by atoms with E-state index >= 15 is 8.78 Å². The van der Waals surface area contributed by atoms with Crippen molar-refractivity contribution in [1.29, 1.82) is 0 Å². The van der Waals surface area contributed by atoms with Crippen LogP contribution in [0.2, 0.25) is 0 Å². The molecule has 4 aromatic rings. The molecule has 1 fully saturated rings. The number of nitrogens with two attached hydrogens (primary N) is 1. The van der Waals surface area contributed by atoms with E-state index in [0.717, 1.165) is 23.4 Å². The number of benzene rings is 1. The van der Waals surface area contributed by atoms with Crippen LogP contribution in [0.4, 0.5) is 14.5 Å². The molecule has 14 heteroatoms. The Morgan fingerprint density at radius 1 is 1.07 bits per heavy atom. The van der Waals surface area contributed by atoms with Crippen molar-refractivity contribution in [3.05, 3.63) is 71.9 Å². The van der Waals surface area contributed by atoms with Gasteiger partial charge in [0.15, 0.2) is 0 Å². The third-order valence-corrected chi connectivity index (χ3v) is 8.44. The highest BCUT2D eigenvalue weighted by Crippen LogP contribution is 2.31. The number of nitrogens with zero attached hydrogens (tertiary/aromatic N) is 5. The zero-order valence-corrected chi connectivity index (χ0v) is 25.6. The van der Waals surface area contributed by atoms with E-state index < -0.39 is 21.5 Å². The molecule has 1 saturated heterocycles. The van der Waals surface area contributed by atoms with E-state index in [1.807, 2.05) is 13.0 Å². The van der Waals surface area contributed by atoms with Crippen molar-refractivity contribution in [1.82, 2.24) is 19.6 Å². The standard InChI is InChI=1S/C30H36F2N6O5S/c1-19-17-37(18-25(33)30(19)43-10-11-44(3,39)40)27-6-7-34-15-20(27)12-28-35-16-21-4-5-26(36-38(21)28)29-23(31)13-22(14-24(29)32)42-9-8-41-2/h4-7,13-16,19,25,30H,8-12,17-18,33H2,1-3H3/t19-,25+,30-/m0/s1. The summed E-state index contributed by atoms with van der Waals surface area (Å²) in [7, 11) is -1.62. The number of hydrogen-bond donors (Lipinski definition) is 1. The summed E-state index contributed by atoms with van der Waals surface area (Å²) >= 11 is 0. The van der Waals surface area contributed by atoms with Gasteiger partial charge in [0.05, 0.1) is 48.0 Å². The van der Waals surface area contributed by atoms with Crippen molar-refractivity contribution in [3.63, 3.8) is 0 Å². The van der Waals surface area contributed by atoms with Gasteiger partial charge in [0, 0.05) is 80.6 Å². The Kier molecular flexibility index (Phi) is 9.73. The maximum atomic E-state index is 15.1. The topological polar surface area (TPSA) is 134 Å². The Morgan fingerprint density at radius 2 is 1.84 bits per heavy atom. The fraction of sp³-hybridized carbons (Fsp3) is 0.433. The first-order valence-electron chi connectivity index (χ1n) is 14.2. The number of methoxy groups -OCH3 is 1. The summed E-state index contributed by atoms with van der Waals surface area (Å²) in [6.07, 6.45) is 6.37. The Bertz CT molecular complexity index is 1680. The monoisotopic (exact) mass is 630 g/mol. The van der Waals surface area contributed by atoms with E-state index in [-0.39, 0.29) is 60.6 Å². The van der Waals surface area contributed by atoms with Crippen LogP contribution in [0.1, 0.15) is 18.3 Å². The number of halogens is 2. The van der Waals surface area contributed by atoms with Crippen LogP contribution in [-0.4, -0.2) is 92.2 Å². The zero-order valence-electron chi connectivity index (χ0n) is 24.8. The van der Waals surface area contributed by atoms with E-state index in [9.17, 15) is 8.42 Å². The molecule has 236 valence electrons. The van der Waals surface area contributed by atoms with Crippen LogP contribution in [0.3, 0.4) is 0 Å². The lowest BCUT2D eigenvalue weighted by molar-refractivity contribution is 0.00179. The van der Waals surface area contributed by atoms with E-state index in [2.05, 4.69) is 20.0 Å². The molecule has 5 rings (SSSR count). The average molecular weight is 631 g/mol. The highest BCUT2D eigenvalue weighted by Gasteiger charge is 2.34. The molecule has 3 atom stereocenters. The highest BCUT2D eigenvalue weighted by molar-refractivity contribution is 7.90. The van der Waals surface area contributed by atoms with Crippen LogP contribution in [0.5, 0.6) is 5.75 Å². The van der Waals surface area contributed by atoms with E-state index in [1.165, 1.54) is 13.4 Å². The van der Waals surface area contributed by atoms with Crippen LogP contribution < -0.4 is 15.4 Å². The van der Waals surface area contributed by atoms with Gasteiger partial charge in [-0.2, -0.15) is 5.10 Å². The fourth-order valence-corrected chi connectivity index (χ4v) is 5.87. The summed E-state index contributed by atoms with van der Waals surface area (Å²) in [6.45, 7) is 3.72. The number of pyridine rings is 1. The van der Waals surface area contributed by atoms with Gasteiger partial charge >= 0.3 is 0 Å². The molecule has 2 N–H and O–H groups in total. The number of hydrogen-bond acceptors (Lipinski definition) is 10. The summed E-state index contributed by atoms with van der Waals surface area (Å²) in [6, 6.07) is 7.09. The van der Waals surface area contributed by atoms with E-state index in [4.69, 9.17) is 19.9 Å². The van der Waals surface area contributed by atoms with Gasteiger partial charge in [0.1, 0.15) is 39.7 Å². The summed E-state index contributed by atoms with van der Waals surface area (Å²) < 4.78 is 70.9. The maximum Gasteiger partial charge on any atom is 0.149 e. The second-order valence-corrected chi connectivity index (χ2v) is 13.3. The predicted molar refractivity (Wildman–Crippen MR) is 162 cm³/mol. The smallest absolute Gasteiger partial charge is 0.149 e. The molecular formula is C30H36F2N6O5S. The lowest BCUT2D eigenvalue weighted by Gasteiger charge is -2.42. The zero-order chi connectivity index (χ0) is 31.4. The van der Waals surface area contributed by atoms with E-state index in [0.29, 0.717) is 30.9 Å². The van der Waals surface area contributed by atoms with Crippen molar-refractivity contribution >= 4 is 21.0 Å². The third-order valence-electron chi connectivity index (χ3n) is 7.54. The van der Waals surface area contributed by atoms with Crippen molar-refractivity contribution in [2.75, 3.05) is 56.9 Å². The van der Waals surface area contributed by atoms with Crippen molar-refractivity contribution in [3.8, 4) is 17.0 Å². The van der Waals surface area contributed by atoms with Crippen molar-refractivity contribution in [2.24, 2.45) is 11.7 Å². The molecule has 44 heavy (non-hydrogen) atoms. The van der Waals surface area contributed by atoms with Gasteiger partial charge in [-0.3, -0.25) is 4.98 Å². The second kappa shape index (κ2) is 13.5. The first-order chi connectivity index (χ1) is 21.0. The number of imidazole rings is 1. The van der Waals surface area contributed by atoms with Gasteiger partial charge in [-0.25, -0.2) is 26.7 Å². The van der Waals surface area contributed by atoms with Crippen LogP contribution in [0, 0.1) is 17.6 Å². The number of aromatic nitrogens is 4. The molecule has 1 aromatic carbocycles. The van der Waals surface area contributed by atoms with E-state index in [1.54, 1.807) is 35.2 Å². The van der Waals surface area contributed by atoms with Gasteiger partial charge < -0.3 is 24.8 Å². The van der Waals surface area contributed by atoms with Crippen LogP contribution in [0.15, 0.2) is 48.9 Å². The molecule has 0 spiro atoms. The van der Waals surface area contributed by atoms with Gasteiger partial charge in [0.2, 0.25) is 0 Å². The molecule has 0 saturated carbocycles. The van der Waals surface area contributed by atoms with Crippen LogP contribution >= 0.6 is 0 Å². The molecule has 0 unspecified atom stereocenters. The lowest BCUT2D eigenvalue weighted by atomic mass is 9.91. The fourth-order valence-electron chi connectivity index (χ4n) is 5.47. The Labute approximate surface area is 254 Å². The van der Waals surface area contributed by atoms with Gasteiger partial charge in [-0.15, -0.1) is 0 Å². The maximum absolute atomic E-state index is 15.1. The molecule has 0 radical (unpaired) electrons. The molecule has 4 heterocycles. The SMILES string of the molecule is COCCOc1cc(F)c(-c2ccc3cnc(Cc4cnccc4N4C[C@@H](N)[C@@H](OCCS(C)(=O)=O)[C@@H](C)C4)n3n2)c(F)c1. The quantitative estimate of drug-likeness (QED) is 0.233. The van der Waals surface area contributed by atoms with Gasteiger partial charge in [0.25, 0.3) is 0 Å². The summed E-state index contributed by atoms with van der Waals surface area (Å²) in [4.78, 5) is 11.0. The van der Waals surface area contributed by atoms with Crippen molar-refractivity contribution < 1.29 is 31.4 Å². The predicted octanol–water partition coefficient (Wildman–Crippen LogP) is 2.90. The molecule has 1 aliphatic rings. The van der Waals surface area contributed by atoms with Crippen LogP contribution in [-0.2, 0) is 25.7 Å². The minimum absolute atomic E-state index is 0.0392. The Morgan fingerprint density at radius 3 is 2.55 bits per heavy atom. The number of rotatable bonds is 12. The molecular weight excluding hydrogens is 594 g/mol. The normalized spacial score (nSPS) is 19.0. The third kappa shape index (κ3) is 7.32. The summed E-state index contributed by atoms with van der Waals surface area (Å²) in [5.74, 6) is -0.981. The Hall–Kier alpha value is -3.72. The number of fused-ring (bicyclic) bond motifs is 1. The van der Waals surface area contributed by atoms with Crippen LogP contribution in [0.25, 0.3) is 16.8 Å². The molecule has 11 nitrogen and oxygen atoms in total. The summed E-state index contributed by atoms with van der Waals surface area (Å²) in [5, 5.41) is 4.55. The first-order valence-corrected chi connectivity index (χ1v) is 16.3. The highest BCUT2D eigenvalue weighted by atomic mass is 32.2. The molecule has 0 bridgehead atoms. The van der Waals surface area contributed by atoms with Gasteiger partial charge in [-0.1, -0.05) is 6.92 Å². The first kappa shape index (κ1) is 31.7. The molecule has 0 amide bonds. The van der Waals surface area contributed by atoms with Crippen molar-refractivity contribution in [2.45, 2.75) is 25.5 Å². The number of sulfone groups is 1. The number of ether oxygens (including phenoxy) is 3. The molecule has 3 aromatic heterocycles. The van der Waals surface area contributed by atoms with Gasteiger partial charge in [-0.05, 0) is 18.2 Å². The Balaban J connectivity index is 1.36. The number of piperidine rings is 1. The molecule has 0 aliphatic carbocycles. The molecule has 1 aliphatic heterocycles. The minimum atomic E-state index is -3.13. The second-order valence-electron chi connectivity index (χ2n) is 11.0. The lowest BCUT2D eigenvalue weighted by Crippen LogP contribution is -2.57. The largest absolute Gasteiger partial charge is 0.491 e. The average Bonchev–Trinajstić information content (AvgIpc) is 3.36.